The molecule has 0 saturated heterocycles. The van der Waals surface area contributed by atoms with Crippen LogP contribution in [0.3, 0.4) is 0 Å². The first-order chi connectivity index (χ1) is 15.9. The fourth-order valence-electron chi connectivity index (χ4n) is 3.24. The van der Waals surface area contributed by atoms with Gasteiger partial charge in [0.05, 0.1) is 38.1 Å². The number of rotatable bonds is 10. The molecule has 0 spiro atoms. The Morgan fingerprint density at radius 1 is 1.09 bits per heavy atom. The van der Waals surface area contributed by atoms with Gasteiger partial charge in [0, 0.05) is 17.0 Å². The van der Waals surface area contributed by atoms with Crippen molar-refractivity contribution in [1.82, 2.24) is 10.3 Å². The number of carbonyl (C=O) groups is 1. The number of aryl methyl sites for hydroxylation is 1. The largest absolute Gasteiger partial charge is 0.493 e. The van der Waals surface area contributed by atoms with Gasteiger partial charge >= 0.3 is 0 Å². The second-order valence-electron chi connectivity index (χ2n) is 7.21. The van der Waals surface area contributed by atoms with Crippen LogP contribution in [0.1, 0.15) is 34.8 Å². The summed E-state index contributed by atoms with van der Waals surface area (Å²) in [5.74, 6) is 2.02. The highest BCUT2D eigenvalue weighted by atomic mass is 32.1. The van der Waals surface area contributed by atoms with E-state index in [0.29, 0.717) is 29.6 Å². The van der Waals surface area contributed by atoms with E-state index in [-0.39, 0.29) is 11.9 Å². The van der Waals surface area contributed by atoms with E-state index in [1.807, 2.05) is 55.6 Å². The monoisotopic (exact) mass is 468 g/mol. The molecule has 0 bridgehead atoms. The van der Waals surface area contributed by atoms with Crippen molar-refractivity contribution in [3.05, 3.63) is 69.7 Å². The Balaban J connectivity index is 1.68. The van der Waals surface area contributed by atoms with Crippen molar-refractivity contribution in [2.45, 2.75) is 26.5 Å². The molecule has 1 heterocycles. The molecule has 1 unspecified atom stereocenters. The SMILES string of the molecule is COc1cc(C(C)NC(=O)C=Cc2ccccc2OCc2csc(C)n2)cc(OC)c1OC. The van der Waals surface area contributed by atoms with Crippen LogP contribution in [0.2, 0.25) is 0 Å². The summed E-state index contributed by atoms with van der Waals surface area (Å²) in [7, 11) is 4.67. The average Bonchev–Trinajstić information content (AvgIpc) is 3.25. The molecular weight excluding hydrogens is 440 g/mol. The summed E-state index contributed by atoms with van der Waals surface area (Å²) < 4.78 is 22.1. The maximum Gasteiger partial charge on any atom is 0.244 e. The Morgan fingerprint density at radius 3 is 2.39 bits per heavy atom. The van der Waals surface area contributed by atoms with Crippen molar-refractivity contribution in [3.8, 4) is 23.0 Å². The highest BCUT2D eigenvalue weighted by molar-refractivity contribution is 7.09. The zero-order valence-corrected chi connectivity index (χ0v) is 20.2. The van der Waals surface area contributed by atoms with Gasteiger partial charge in [-0.05, 0) is 43.7 Å². The Morgan fingerprint density at radius 2 is 1.79 bits per heavy atom. The number of hydrogen-bond acceptors (Lipinski definition) is 7. The lowest BCUT2D eigenvalue weighted by molar-refractivity contribution is -0.117. The molecule has 1 N–H and O–H groups in total. The Bertz CT molecular complexity index is 1100. The van der Waals surface area contributed by atoms with Crippen molar-refractivity contribution in [3.63, 3.8) is 0 Å². The van der Waals surface area contributed by atoms with E-state index in [2.05, 4.69) is 10.3 Å². The van der Waals surface area contributed by atoms with Crippen LogP contribution < -0.4 is 24.3 Å². The van der Waals surface area contributed by atoms with Gasteiger partial charge in [0.25, 0.3) is 0 Å². The van der Waals surface area contributed by atoms with Crippen LogP contribution in [-0.2, 0) is 11.4 Å². The quantitative estimate of drug-likeness (QED) is 0.424. The lowest BCUT2D eigenvalue weighted by Gasteiger charge is -2.18. The first-order valence-corrected chi connectivity index (χ1v) is 11.2. The summed E-state index contributed by atoms with van der Waals surface area (Å²) in [6.07, 6.45) is 3.22. The normalized spacial score (nSPS) is 11.8. The zero-order valence-electron chi connectivity index (χ0n) is 19.4. The molecule has 0 aliphatic heterocycles. The summed E-state index contributed by atoms with van der Waals surface area (Å²) in [5.41, 5.74) is 2.52. The van der Waals surface area contributed by atoms with E-state index in [1.54, 1.807) is 38.7 Å². The van der Waals surface area contributed by atoms with E-state index in [1.165, 1.54) is 6.08 Å². The van der Waals surface area contributed by atoms with Crippen LogP contribution in [0.25, 0.3) is 6.08 Å². The number of thiazole rings is 1. The Kier molecular flexibility index (Phi) is 8.32. The molecule has 0 fully saturated rings. The number of amides is 1. The molecule has 1 amide bonds. The van der Waals surface area contributed by atoms with Gasteiger partial charge in [-0.3, -0.25) is 4.79 Å². The van der Waals surface area contributed by atoms with Crippen LogP contribution in [0.15, 0.2) is 47.9 Å². The van der Waals surface area contributed by atoms with Gasteiger partial charge in [0.15, 0.2) is 11.5 Å². The number of hydrogen-bond donors (Lipinski definition) is 1. The maximum absolute atomic E-state index is 12.6. The highest BCUT2D eigenvalue weighted by Gasteiger charge is 2.17. The minimum absolute atomic E-state index is 0.235. The Labute approximate surface area is 198 Å². The van der Waals surface area contributed by atoms with Gasteiger partial charge < -0.3 is 24.3 Å². The van der Waals surface area contributed by atoms with Crippen LogP contribution in [-0.4, -0.2) is 32.2 Å². The fraction of sp³-hybridized carbons (Fsp3) is 0.280. The third-order valence-corrected chi connectivity index (χ3v) is 5.74. The molecule has 1 atom stereocenters. The lowest BCUT2D eigenvalue weighted by Crippen LogP contribution is -2.24. The first kappa shape index (κ1) is 24.1. The van der Waals surface area contributed by atoms with Gasteiger partial charge in [0.1, 0.15) is 12.4 Å². The average molecular weight is 469 g/mol. The lowest BCUT2D eigenvalue weighted by atomic mass is 10.1. The molecule has 33 heavy (non-hydrogen) atoms. The minimum atomic E-state index is -0.282. The standard InChI is InChI=1S/C25H28N2O5S/c1-16(19-12-22(29-3)25(31-5)23(13-19)30-4)26-24(28)11-10-18-8-6-7-9-21(18)32-14-20-15-33-17(2)27-20/h6-13,15-16H,14H2,1-5H3,(H,26,28). The van der Waals surface area contributed by atoms with E-state index >= 15 is 0 Å². The van der Waals surface area contributed by atoms with Gasteiger partial charge in [-0.25, -0.2) is 4.98 Å². The minimum Gasteiger partial charge on any atom is -0.493 e. The smallest absolute Gasteiger partial charge is 0.244 e. The molecular formula is C25H28N2O5S. The zero-order chi connectivity index (χ0) is 23.8. The van der Waals surface area contributed by atoms with Gasteiger partial charge in [-0.2, -0.15) is 0 Å². The molecule has 174 valence electrons. The number of nitrogens with one attached hydrogen (secondary N) is 1. The van der Waals surface area contributed by atoms with Crippen LogP contribution in [0.4, 0.5) is 0 Å². The molecule has 2 aromatic carbocycles. The summed E-state index contributed by atoms with van der Waals surface area (Å²) in [4.78, 5) is 17.0. The van der Waals surface area contributed by atoms with Crippen molar-refractivity contribution in [1.29, 1.82) is 0 Å². The van der Waals surface area contributed by atoms with Crippen molar-refractivity contribution >= 4 is 23.3 Å². The molecule has 0 saturated carbocycles. The van der Waals surface area contributed by atoms with Crippen LogP contribution in [0.5, 0.6) is 23.0 Å². The summed E-state index contributed by atoms with van der Waals surface area (Å²) in [6, 6.07) is 10.9. The Hall–Kier alpha value is -3.52. The summed E-state index contributed by atoms with van der Waals surface area (Å²) >= 11 is 1.59. The van der Waals surface area contributed by atoms with E-state index in [4.69, 9.17) is 18.9 Å². The fourth-order valence-corrected chi connectivity index (χ4v) is 3.83. The molecule has 0 aliphatic rings. The molecule has 7 nitrogen and oxygen atoms in total. The number of aromatic nitrogens is 1. The molecule has 3 rings (SSSR count). The van der Waals surface area contributed by atoms with E-state index in [9.17, 15) is 4.79 Å². The number of para-hydroxylation sites is 1. The molecule has 0 radical (unpaired) electrons. The van der Waals surface area contributed by atoms with Crippen molar-refractivity contribution in [2.75, 3.05) is 21.3 Å². The van der Waals surface area contributed by atoms with Crippen molar-refractivity contribution in [2.24, 2.45) is 0 Å². The molecule has 8 heteroatoms. The topological polar surface area (TPSA) is 78.9 Å². The van der Waals surface area contributed by atoms with Gasteiger partial charge in [-0.1, -0.05) is 18.2 Å². The van der Waals surface area contributed by atoms with Crippen molar-refractivity contribution < 1.29 is 23.7 Å². The number of carbonyl (C=O) groups excluding carboxylic acids is 1. The number of methoxy groups -OCH3 is 3. The number of benzene rings is 2. The predicted molar refractivity (Wildman–Crippen MR) is 129 cm³/mol. The van der Waals surface area contributed by atoms with Gasteiger partial charge in [0.2, 0.25) is 11.7 Å². The molecule has 3 aromatic rings. The molecule has 0 aliphatic carbocycles. The first-order valence-electron chi connectivity index (χ1n) is 10.4. The van der Waals surface area contributed by atoms with E-state index < -0.39 is 0 Å². The molecule has 1 aromatic heterocycles. The predicted octanol–water partition coefficient (Wildman–Crippen LogP) is 4.95. The van der Waals surface area contributed by atoms with Crippen LogP contribution >= 0.6 is 11.3 Å². The van der Waals surface area contributed by atoms with Crippen LogP contribution in [0, 0.1) is 6.92 Å². The second-order valence-corrected chi connectivity index (χ2v) is 8.27. The number of nitrogens with zero attached hydrogens (tertiary/aromatic N) is 1. The highest BCUT2D eigenvalue weighted by Crippen LogP contribution is 2.39. The van der Waals surface area contributed by atoms with Gasteiger partial charge in [-0.15, -0.1) is 11.3 Å². The number of ether oxygens (including phenoxy) is 4. The third kappa shape index (κ3) is 6.26. The maximum atomic E-state index is 12.6. The van der Waals surface area contributed by atoms with E-state index in [0.717, 1.165) is 21.8 Å². The second kappa shape index (κ2) is 11.4. The summed E-state index contributed by atoms with van der Waals surface area (Å²) in [6.45, 7) is 4.22. The third-order valence-electron chi connectivity index (χ3n) is 4.92. The summed E-state index contributed by atoms with van der Waals surface area (Å²) in [5, 5.41) is 5.94.